The van der Waals surface area contributed by atoms with Crippen molar-refractivity contribution in [1.82, 2.24) is 4.90 Å². The highest BCUT2D eigenvalue weighted by Crippen LogP contribution is 2.29. The van der Waals surface area contributed by atoms with Gasteiger partial charge in [0.05, 0.1) is 44.0 Å². The summed E-state index contributed by atoms with van der Waals surface area (Å²) in [5, 5.41) is 0. The van der Waals surface area contributed by atoms with Gasteiger partial charge in [-0.3, -0.25) is 14.6 Å². The average Bonchev–Trinajstić information content (AvgIpc) is 2.66. The zero-order valence-corrected chi connectivity index (χ0v) is 15.2. The first-order valence-electron chi connectivity index (χ1n) is 8.28. The molecular formula is C17H30N2O4. The summed E-state index contributed by atoms with van der Waals surface area (Å²) in [6.07, 6.45) is 1.21. The number of rotatable bonds is 7. The van der Waals surface area contributed by atoms with Crippen LogP contribution >= 0.6 is 0 Å². The second kappa shape index (κ2) is 8.31. The smallest absolute Gasteiger partial charge is 0.308 e. The molecule has 0 aliphatic carbocycles. The number of likely N-dealkylation sites (N-methyl/N-ethyl adjacent to an activating group) is 1. The molecule has 0 N–H and O–H groups in total. The van der Waals surface area contributed by atoms with Crippen LogP contribution < -0.4 is 0 Å². The second-order valence-corrected chi connectivity index (χ2v) is 7.05. The zero-order valence-electron chi connectivity index (χ0n) is 15.2. The van der Waals surface area contributed by atoms with Crippen LogP contribution in [-0.4, -0.2) is 55.0 Å². The number of esters is 2. The van der Waals surface area contributed by atoms with Gasteiger partial charge < -0.3 is 14.4 Å². The molecule has 0 saturated heterocycles. The lowest BCUT2D eigenvalue weighted by atomic mass is 9.91. The largest absolute Gasteiger partial charge is 0.466 e. The van der Waals surface area contributed by atoms with E-state index in [2.05, 4.69) is 20.8 Å². The lowest BCUT2D eigenvalue weighted by Gasteiger charge is -2.28. The molecule has 0 amide bonds. The van der Waals surface area contributed by atoms with E-state index in [4.69, 9.17) is 14.5 Å². The first-order valence-corrected chi connectivity index (χ1v) is 8.28. The van der Waals surface area contributed by atoms with Crippen LogP contribution in [-0.2, 0) is 19.1 Å². The van der Waals surface area contributed by atoms with Gasteiger partial charge in [-0.25, -0.2) is 0 Å². The lowest BCUT2D eigenvalue weighted by molar-refractivity contribution is -0.146. The molecule has 0 unspecified atom stereocenters. The molecule has 6 nitrogen and oxygen atoms in total. The highest BCUT2D eigenvalue weighted by Gasteiger charge is 2.38. The standard InChI is InChI=1S/C17H30N2O4/c1-7-22-15(20)9-12-13(10-16(21)23-8-2)19(6)14(18-12)11-17(3,4)5/h12-13H,7-11H2,1-6H3/t12-,13-/m1/s1. The Balaban J connectivity index is 2.87. The van der Waals surface area contributed by atoms with Gasteiger partial charge in [0.1, 0.15) is 0 Å². The summed E-state index contributed by atoms with van der Waals surface area (Å²) in [5.74, 6) is 0.395. The van der Waals surface area contributed by atoms with E-state index >= 15 is 0 Å². The maximum Gasteiger partial charge on any atom is 0.308 e. The average molecular weight is 326 g/mol. The van der Waals surface area contributed by atoms with Gasteiger partial charge in [-0.05, 0) is 19.3 Å². The Morgan fingerprint density at radius 2 is 1.61 bits per heavy atom. The molecular weight excluding hydrogens is 296 g/mol. The predicted octanol–water partition coefficient (Wildman–Crippen LogP) is 2.41. The first-order chi connectivity index (χ1) is 10.7. The minimum atomic E-state index is -0.277. The van der Waals surface area contributed by atoms with Crippen molar-refractivity contribution in [2.75, 3.05) is 20.3 Å². The molecule has 0 radical (unpaired) electrons. The number of carbonyl (C=O) groups excluding carboxylic acids is 2. The Labute approximate surface area is 139 Å². The summed E-state index contributed by atoms with van der Waals surface area (Å²) in [7, 11) is 1.93. The second-order valence-electron chi connectivity index (χ2n) is 7.05. The van der Waals surface area contributed by atoms with Gasteiger partial charge in [0, 0.05) is 13.5 Å². The summed E-state index contributed by atoms with van der Waals surface area (Å²) in [6.45, 7) is 10.7. The minimum absolute atomic E-state index is 0.0837. The highest BCUT2D eigenvalue weighted by atomic mass is 16.5. The number of hydrogen-bond acceptors (Lipinski definition) is 6. The number of nitrogens with zero attached hydrogens (tertiary/aromatic N) is 2. The Kier molecular flexibility index (Phi) is 7.03. The van der Waals surface area contributed by atoms with Crippen molar-refractivity contribution in [3.63, 3.8) is 0 Å². The van der Waals surface area contributed by atoms with Gasteiger partial charge in [-0.1, -0.05) is 20.8 Å². The van der Waals surface area contributed by atoms with Crippen molar-refractivity contribution < 1.29 is 19.1 Å². The molecule has 1 aliphatic rings. The lowest BCUT2D eigenvalue weighted by Crippen LogP contribution is -2.40. The van der Waals surface area contributed by atoms with E-state index in [-0.39, 0.29) is 42.3 Å². The number of carbonyl (C=O) groups is 2. The van der Waals surface area contributed by atoms with Gasteiger partial charge in [-0.2, -0.15) is 0 Å². The summed E-state index contributed by atoms with van der Waals surface area (Å²) < 4.78 is 10.1. The van der Waals surface area contributed by atoms with Crippen LogP contribution in [0.2, 0.25) is 0 Å². The van der Waals surface area contributed by atoms with Gasteiger partial charge in [0.25, 0.3) is 0 Å². The molecule has 0 aromatic heterocycles. The summed E-state index contributed by atoms with van der Waals surface area (Å²) >= 11 is 0. The Hall–Kier alpha value is -1.59. The third-order valence-corrected chi connectivity index (χ3v) is 3.71. The highest BCUT2D eigenvalue weighted by molar-refractivity contribution is 5.86. The van der Waals surface area contributed by atoms with E-state index in [1.54, 1.807) is 13.8 Å². The van der Waals surface area contributed by atoms with Gasteiger partial charge in [-0.15, -0.1) is 0 Å². The summed E-state index contributed by atoms with van der Waals surface area (Å²) in [6, 6.07) is -0.420. The van der Waals surface area contributed by atoms with Crippen LogP contribution in [0.3, 0.4) is 0 Å². The molecule has 1 heterocycles. The monoisotopic (exact) mass is 326 g/mol. The molecule has 6 heteroatoms. The third kappa shape index (κ3) is 6.20. The Morgan fingerprint density at radius 1 is 1.09 bits per heavy atom. The molecule has 0 fully saturated rings. The van der Waals surface area contributed by atoms with Crippen LogP contribution in [0, 0.1) is 5.41 Å². The van der Waals surface area contributed by atoms with Crippen LogP contribution in [0.25, 0.3) is 0 Å². The van der Waals surface area contributed by atoms with Crippen molar-refractivity contribution in [3.05, 3.63) is 0 Å². The molecule has 0 bridgehead atoms. The Morgan fingerprint density at radius 3 is 2.09 bits per heavy atom. The number of ether oxygens (including phenoxy) is 2. The van der Waals surface area contributed by atoms with E-state index in [0.717, 1.165) is 12.3 Å². The molecule has 132 valence electrons. The summed E-state index contributed by atoms with van der Waals surface area (Å²) in [5.41, 5.74) is 0.0837. The third-order valence-electron chi connectivity index (χ3n) is 3.71. The maximum absolute atomic E-state index is 11.9. The molecule has 23 heavy (non-hydrogen) atoms. The van der Waals surface area contributed by atoms with E-state index in [0.29, 0.717) is 13.2 Å². The van der Waals surface area contributed by atoms with E-state index < -0.39 is 0 Å². The van der Waals surface area contributed by atoms with Crippen molar-refractivity contribution >= 4 is 17.8 Å². The van der Waals surface area contributed by atoms with Crippen LogP contribution in [0.5, 0.6) is 0 Å². The van der Waals surface area contributed by atoms with E-state index in [1.807, 2.05) is 11.9 Å². The normalized spacial score (nSPS) is 21.1. The SMILES string of the molecule is CCOC(=O)C[C@@H]1[C@@H](CC(=O)OCC)N=C(CC(C)(C)C)N1C. The molecule has 0 spiro atoms. The fourth-order valence-corrected chi connectivity index (χ4v) is 2.70. The van der Waals surface area contributed by atoms with Crippen LogP contribution in [0.15, 0.2) is 4.99 Å². The molecule has 2 atom stereocenters. The number of hydrogen-bond donors (Lipinski definition) is 0. The maximum atomic E-state index is 11.9. The van der Waals surface area contributed by atoms with Crippen molar-refractivity contribution in [1.29, 1.82) is 0 Å². The van der Waals surface area contributed by atoms with Gasteiger partial charge >= 0.3 is 11.9 Å². The summed E-state index contributed by atoms with van der Waals surface area (Å²) in [4.78, 5) is 30.4. The fraction of sp³-hybridized carbons (Fsp3) is 0.824. The van der Waals surface area contributed by atoms with Crippen LogP contribution in [0.4, 0.5) is 0 Å². The zero-order chi connectivity index (χ0) is 17.6. The van der Waals surface area contributed by atoms with Crippen molar-refractivity contribution in [2.24, 2.45) is 10.4 Å². The van der Waals surface area contributed by atoms with Crippen molar-refractivity contribution in [2.45, 2.75) is 66.0 Å². The van der Waals surface area contributed by atoms with Gasteiger partial charge in [0.15, 0.2) is 0 Å². The fourth-order valence-electron chi connectivity index (χ4n) is 2.70. The van der Waals surface area contributed by atoms with Gasteiger partial charge in [0.2, 0.25) is 0 Å². The van der Waals surface area contributed by atoms with Crippen LogP contribution in [0.1, 0.15) is 53.9 Å². The van der Waals surface area contributed by atoms with E-state index in [9.17, 15) is 9.59 Å². The molecule has 0 aromatic carbocycles. The minimum Gasteiger partial charge on any atom is -0.466 e. The quantitative estimate of drug-likeness (QED) is 0.672. The topological polar surface area (TPSA) is 68.2 Å². The molecule has 1 rings (SSSR count). The molecule has 0 aromatic rings. The Bertz CT molecular complexity index is 454. The first kappa shape index (κ1) is 19.5. The molecule has 1 aliphatic heterocycles. The number of amidine groups is 1. The number of aliphatic imine (C=N–C) groups is 1. The van der Waals surface area contributed by atoms with Crippen molar-refractivity contribution in [3.8, 4) is 0 Å². The molecule has 0 saturated carbocycles. The predicted molar refractivity (Wildman–Crippen MR) is 89.3 cm³/mol. The van der Waals surface area contributed by atoms with E-state index in [1.165, 1.54) is 0 Å².